The van der Waals surface area contributed by atoms with E-state index in [1.165, 1.54) is 0 Å². The number of urea groups is 1. The first-order valence-corrected chi connectivity index (χ1v) is 6.93. The van der Waals surface area contributed by atoms with E-state index < -0.39 is 0 Å². The lowest BCUT2D eigenvalue weighted by Gasteiger charge is -2.14. The molecule has 1 aliphatic rings. The van der Waals surface area contributed by atoms with Crippen molar-refractivity contribution in [2.75, 3.05) is 18.9 Å². The highest BCUT2D eigenvalue weighted by atomic mass is 16.2. The lowest BCUT2D eigenvalue weighted by Crippen LogP contribution is -2.39. The minimum Gasteiger partial charge on any atom is -0.344 e. The van der Waals surface area contributed by atoms with Gasteiger partial charge in [-0.05, 0) is 11.5 Å². The molecule has 0 unspecified atom stereocenters. The zero-order valence-corrected chi connectivity index (χ0v) is 11.8. The van der Waals surface area contributed by atoms with Crippen molar-refractivity contribution in [1.29, 1.82) is 0 Å². The van der Waals surface area contributed by atoms with Gasteiger partial charge in [0.2, 0.25) is 5.91 Å². The summed E-state index contributed by atoms with van der Waals surface area (Å²) >= 11 is 0. The summed E-state index contributed by atoms with van der Waals surface area (Å²) in [7, 11) is 1.74. The molecule has 2 aromatic rings. The number of likely N-dealkylation sites (N-methyl/N-ethyl adjacent to an activating group) is 1. The first-order chi connectivity index (χ1) is 10.1. The predicted octanol–water partition coefficient (Wildman–Crippen LogP) is 2.19. The maximum atomic E-state index is 12.1. The summed E-state index contributed by atoms with van der Waals surface area (Å²) in [6.07, 6.45) is 0.361. The van der Waals surface area contributed by atoms with Crippen molar-refractivity contribution in [2.45, 2.75) is 12.5 Å². The molecule has 5 nitrogen and oxygen atoms in total. The summed E-state index contributed by atoms with van der Waals surface area (Å²) in [6, 6.07) is 13.3. The van der Waals surface area contributed by atoms with Crippen LogP contribution in [0.2, 0.25) is 0 Å². The monoisotopic (exact) mass is 283 g/mol. The molecule has 3 amide bonds. The molecule has 5 heteroatoms. The van der Waals surface area contributed by atoms with E-state index in [1.54, 1.807) is 11.9 Å². The SMILES string of the molecule is CN1C[C@H](NC(=O)Nc2cccc3ccccc23)CC1=O. The number of nitrogens with zero attached hydrogens (tertiary/aromatic N) is 1. The van der Waals surface area contributed by atoms with Crippen molar-refractivity contribution in [2.24, 2.45) is 0 Å². The highest BCUT2D eigenvalue weighted by Crippen LogP contribution is 2.22. The van der Waals surface area contributed by atoms with Gasteiger partial charge in [0.25, 0.3) is 0 Å². The average molecular weight is 283 g/mol. The van der Waals surface area contributed by atoms with Gasteiger partial charge in [-0.15, -0.1) is 0 Å². The van der Waals surface area contributed by atoms with Gasteiger partial charge in [0.1, 0.15) is 0 Å². The number of fused-ring (bicyclic) bond motifs is 1. The summed E-state index contributed by atoms with van der Waals surface area (Å²) in [5, 5.41) is 7.77. The van der Waals surface area contributed by atoms with E-state index in [9.17, 15) is 9.59 Å². The lowest BCUT2D eigenvalue weighted by molar-refractivity contribution is -0.126. The summed E-state index contributed by atoms with van der Waals surface area (Å²) in [5.41, 5.74) is 0.767. The highest BCUT2D eigenvalue weighted by molar-refractivity contribution is 6.01. The number of anilines is 1. The lowest BCUT2D eigenvalue weighted by atomic mass is 10.1. The van der Waals surface area contributed by atoms with Crippen LogP contribution in [0, 0.1) is 0 Å². The van der Waals surface area contributed by atoms with Gasteiger partial charge in [-0.25, -0.2) is 4.79 Å². The molecule has 0 aromatic heterocycles. The Balaban J connectivity index is 1.71. The Labute approximate surface area is 122 Å². The molecule has 1 aliphatic heterocycles. The molecule has 1 atom stereocenters. The maximum absolute atomic E-state index is 12.1. The number of carbonyl (C=O) groups excluding carboxylic acids is 2. The molecule has 1 saturated heterocycles. The molecule has 2 aromatic carbocycles. The third kappa shape index (κ3) is 2.81. The van der Waals surface area contributed by atoms with Crippen molar-refractivity contribution in [1.82, 2.24) is 10.2 Å². The van der Waals surface area contributed by atoms with Gasteiger partial charge in [-0.1, -0.05) is 36.4 Å². The molecule has 108 valence electrons. The van der Waals surface area contributed by atoms with Crippen LogP contribution in [0.4, 0.5) is 10.5 Å². The zero-order chi connectivity index (χ0) is 14.8. The molecule has 21 heavy (non-hydrogen) atoms. The van der Waals surface area contributed by atoms with E-state index in [1.807, 2.05) is 42.5 Å². The first-order valence-electron chi connectivity index (χ1n) is 6.93. The molecule has 2 N–H and O–H groups in total. The third-order valence-electron chi connectivity index (χ3n) is 3.71. The van der Waals surface area contributed by atoms with E-state index in [-0.39, 0.29) is 18.0 Å². The fraction of sp³-hybridized carbons (Fsp3) is 0.250. The fourth-order valence-electron chi connectivity index (χ4n) is 2.64. The number of carbonyl (C=O) groups is 2. The van der Waals surface area contributed by atoms with E-state index in [0.29, 0.717) is 13.0 Å². The summed E-state index contributed by atoms with van der Waals surface area (Å²) in [4.78, 5) is 25.2. The minimum absolute atomic E-state index is 0.0606. The summed E-state index contributed by atoms with van der Waals surface area (Å²) in [5.74, 6) is 0.0606. The predicted molar refractivity (Wildman–Crippen MR) is 82.1 cm³/mol. The van der Waals surface area contributed by atoms with Crippen LogP contribution in [0.1, 0.15) is 6.42 Å². The molecule has 1 heterocycles. The van der Waals surface area contributed by atoms with Crippen LogP contribution < -0.4 is 10.6 Å². The minimum atomic E-state index is -0.278. The first kappa shape index (κ1) is 13.4. The molecule has 1 fully saturated rings. The van der Waals surface area contributed by atoms with E-state index in [4.69, 9.17) is 0 Å². The van der Waals surface area contributed by atoms with Crippen LogP contribution in [0.25, 0.3) is 10.8 Å². The second kappa shape index (κ2) is 5.44. The third-order valence-corrected chi connectivity index (χ3v) is 3.71. The molecule has 0 aliphatic carbocycles. The zero-order valence-electron chi connectivity index (χ0n) is 11.8. The van der Waals surface area contributed by atoms with Crippen LogP contribution >= 0.6 is 0 Å². The van der Waals surface area contributed by atoms with E-state index >= 15 is 0 Å². The molecular weight excluding hydrogens is 266 g/mol. The molecule has 0 spiro atoms. The van der Waals surface area contributed by atoms with Crippen LogP contribution in [0.3, 0.4) is 0 Å². The number of benzene rings is 2. The Morgan fingerprint density at radius 2 is 1.95 bits per heavy atom. The van der Waals surface area contributed by atoms with Crippen molar-refractivity contribution in [3.63, 3.8) is 0 Å². The van der Waals surface area contributed by atoms with E-state index in [0.717, 1.165) is 16.5 Å². The largest absolute Gasteiger partial charge is 0.344 e. The van der Waals surface area contributed by atoms with Gasteiger partial charge in [-0.2, -0.15) is 0 Å². The smallest absolute Gasteiger partial charge is 0.319 e. The Morgan fingerprint density at radius 3 is 2.71 bits per heavy atom. The molecule has 0 radical (unpaired) electrons. The van der Waals surface area contributed by atoms with Crippen molar-refractivity contribution in [3.8, 4) is 0 Å². The summed E-state index contributed by atoms with van der Waals surface area (Å²) in [6.45, 7) is 0.557. The van der Waals surface area contributed by atoms with Crippen LogP contribution in [-0.2, 0) is 4.79 Å². The quantitative estimate of drug-likeness (QED) is 0.887. The number of hydrogen-bond acceptors (Lipinski definition) is 2. The normalized spacial score (nSPS) is 18.0. The number of likely N-dealkylation sites (tertiary alicyclic amines) is 1. The standard InChI is InChI=1S/C16H17N3O2/c1-19-10-12(9-15(19)20)17-16(21)18-14-8-4-6-11-5-2-3-7-13(11)14/h2-8,12H,9-10H2,1H3,(H2,17,18,21)/t12-/m1/s1. The summed E-state index contributed by atoms with van der Waals surface area (Å²) < 4.78 is 0. The molecular formula is C16H17N3O2. The van der Waals surface area contributed by atoms with Gasteiger partial charge in [0.15, 0.2) is 0 Å². The number of amides is 3. The number of nitrogens with one attached hydrogen (secondary N) is 2. The van der Waals surface area contributed by atoms with Gasteiger partial charge in [0.05, 0.1) is 11.7 Å². The molecule has 3 rings (SSSR count). The van der Waals surface area contributed by atoms with Crippen LogP contribution in [-0.4, -0.2) is 36.5 Å². The van der Waals surface area contributed by atoms with E-state index in [2.05, 4.69) is 10.6 Å². The number of hydrogen-bond donors (Lipinski definition) is 2. The highest BCUT2D eigenvalue weighted by Gasteiger charge is 2.27. The Kier molecular flexibility index (Phi) is 3.48. The second-order valence-electron chi connectivity index (χ2n) is 5.30. The van der Waals surface area contributed by atoms with Gasteiger partial charge in [-0.3, -0.25) is 4.79 Å². The van der Waals surface area contributed by atoms with Gasteiger partial charge < -0.3 is 15.5 Å². The van der Waals surface area contributed by atoms with Crippen molar-refractivity contribution >= 4 is 28.4 Å². The van der Waals surface area contributed by atoms with Crippen molar-refractivity contribution in [3.05, 3.63) is 42.5 Å². The Morgan fingerprint density at radius 1 is 1.19 bits per heavy atom. The van der Waals surface area contributed by atoms with Crippen LogP contribution in [0.5, 0.6) is 0 Å². The maximum Gasteiger partial charge on any atom is 0.319 e. The molecule has 0 bridgehead atoms. The van der Waals surface area contributed by atoms with Gasteiger partial charge >= 0.3 is 6.03 Å². The second-order valence-corrected chi connectivity index (χ2v) is 5.30. The average Bonchev–Trinajstić information content (AvgIpc) is 2.77. The topological polar surface area (TPSA) is 61.4 Å². The molecule has 0 saturated carbocycles. The Hall–Kier alpha value is -2.56. The van der Waals surface area contributed by atoms with Gasteiger partial charge in [0, 0.05) is 25.4 Å². The van der Waals surface area contributed by atoms with Crippen molar-refractivity contribution < 1.29 is 9.59 Å². The fourth-order valence-corrected chi connectivity index (χ4v) is 2.64. The number of rotatable bonds is 2. The van der Waals surface area contributed by atoms with Crippen LogP contribution in [0.15, 0.2) is 42.5 Å². The Bertz CT molecular complexity index is 693.